The van der Waals surface area contributed by atoms with Gasteiger partial charge < -0.3 is 25.2 Å². The first-order valence-electron chi connectivity index (χ1n) is 13.0. The topological polar surface area (TPSA) is 112 Å². The van der Waals surface area contributed by atoms with E-state index in [-0.39, 0.29) is 24.3 Å². The SMILES string of the molecule is CCCOc1nc(N2CCC[C@@H](CC(=O)O)C2)ccc1C(=O)NC1C2CC3CC1CC(O)(C3)C2. The third-order valence-electron chi connectivity index (χ3n) is 8.38. The number of hydrogen-bond donors (Lipinski definition) is 3. The Morgan fingerprint density at radius 1 is 1.24 bits per heavy atom. The average Bonchev–Trinajstić information content (AvgIpc) is 2.78. The summed E-state index contributed by atoms with van der Waals surface area (Å²) in [4.78, 5) is 31.4. The monoisotopic (exact) mass is 471 g/mol. The third kappa shape index (κ3) is 4.74. The van der Waals surface area contributed by atoms with Crippen molar-refractivity contribution >= 4 is 17.7 Å². The molecule has 4 bridgehead atoms. The number of amides is 1. The molecule has 3 atom stereocenters. The lowest BCUT2D eigenvalue weighted by molar-refractivity contribution is -0.138. The summed E-state index contributed by atoms with van der Waals surface area (Å²) in [7, 11) is 0. The molecule has 1 aliphatic heterocycles. The van der Waals surface area contributed by atoms with Gasteiger partial charge in [-0.25, -0.2) is 0 Å². The average molecular weight is 472 g/mol. The quantitative estimate of drug-likeness (QED) is 0.534. The third-order valence-corrected chi connectivity index (χ3v) is 8.38. The summed E-state index contributed by atoms with van der Waals surface area (Å²) in [5.41, 5.74) is -0.0766. The number of carbonyl (C=O) groups excluding carboxylic acids is 1. The minimum Gasteiger partial charge on any atom is -0.481 e. The number of hydrogen-bond acceptors (Lipinski definition) is 6. The first-order valence-corrected chi connectivity index (χ1v) is 13.0. The first-order chi connectivity index (χ1) is 16.3. The van der Waals surface area contributed by atoms with Gasteiger partial charge in [-0.05, 0) is 87.2 Å². The minimum atomic E-state index is -0.768. The normalized spacial score (nSPS) is 34.2. The van der Waals surface area contributed by atoms with E-state index in [1.807, 2.05) is 13.0 Å². The van der Waals surface area contributed by atoms with Crippen LogP contribution in [0.3, 0.4) is 0 Å². The second-order valence-electron chi connectivity index (χ2n) is 11.1. The lowest BCUT2D eigenvalue weighted by Crippen LogP contribution is -2.61. The number of aliphatic carboxylic acids is 1. The van der Waals surface area contributed by atoms with Gasteiger partial charge in [0.25, 0.3) is 5.91 Å². The van der Waals surface area contributed by atoms with Gasteiger partial charge in [-0.15, -0.1) is 0 Å². The van der Waals surface area contributed by atoms with Crippen molar-refractivity contribution in [3.05, 3.63) is 17.7 Å². The summed E-state index contributed by atoms with van der Waals surface area (Å²) < 4.78 is 5.92. The van der Waals surface area contributed by atoms with Gasteiger partial charge in [-0.1, -0.05) is 6.92 Å². The summed E-state index contributed by atoms with van der Waals surface area (Å²) in [5, 5.41) is 23.3. The molecule has 2 unspecified atom stereocenters. The molecule has 1 aromatic heterocycles. The molecule has 5 aliphatic rings. The number of anilines is 1. The van der Waals surface area contributed by atoms with E-state index in [0.29, 0.717) is 42.3 Å². The van der Waals surface area contributed by atoms with Crippen LogP contribution in [0.15, 0.2) is 12.1 Å². The van der Waals surface area contributed by atoms with E-state index < -0.39 is 11.6 Å². The Kier molecular flexibility index (Phi) is 6.44. The van der Waals surface area contributed by atoms with Crippen LogP contribution in [0.4, 0.5) is 5.82 Å². The van der Waals surface area contributed by atoms with Crippen LogP contribution in [0, 0.1) is 23.7 Å². The fourth-order valence-electron chi connectivity index (χ4n) is 7.22. The molecule has 4 aliphatic carbocycles. The Labute approximate surface area is 201 Å². The Balaban J connectivity index is 1.32. The Hall–Kier alpha value is -2.35. The standard InChI is InChI=1S/C26H37N3O5/c1-2-8-34-25-20(5-6-21(27-25)29-7-3-4-16(15-29)11-22(30)31)24(32)28-23-18-9-17-10-19(23)14-26(33,12-17)13-18/h5-6,16-19,23,33H,2-4,7-15H2,1H3,(H,28,32)(H,30,31)/t16-,17?,18?,19?,23?,26?/m0/s1. The molecule has 8 heteroatoms. The second-order valence-corrected chi connectivity index (χ2v) is 11.1. The maximum Gasteiger partial charge on any atom is 0.303 e. The molecule has 0 aromatic carbocycles. The molecule has 5 fully saturated rings. The molecular formula is C26H37N3O5. The van der Waals surface area contributed by atoms with Gasteiger partial charge in [-0.2, -0.15) is 4.98 Å². The number of rotatable bonds is 8. The molecule has 186 valence electrons. The van der Waals surface area contributed by atoms with E-state index in [0.717, 1.165) is 63.7 Å². The van der Waals surface area contributed by atoms with Gasteiger partial charge in [0.15, 0.2) is 0 Å². The predicted octanol–water partition coefficient (Wildman–Crippen LogP) is 3.23. The zero-order chi connectivity index (χ0) is 23.9. The number of carboxylic acids is 1. The summed E-state index contributed by atoms with van der Waals surface area (Å²) >= 11 is 0. The van der Waals surface area contributed by atoms with Crippen molar-refractivity contribution in [2.75, 3.05) is 24.6 Å². The van der Waals surface area contributed by atoms with E-state index in [1.54, 1.807) is 6.07 Å². The minimum absolute atomic E-state index is 0.0990. The van der Waals surface area contributed by atoms with Crippen LogP contribution < -0.4 is 15.0 Å². The molecule has 2 heterocycles. The number of nitrogens with zero attached hydrogens (tertiary/aromatic N) is 2. The van der Waals surface area contributed by atoms with Gasteiger partial charge in [-0.3, -0.25) is 9.59 Å². The van der Waals surface area contributed by atoms with Gasteiger partial charge in [0.2, 0.25) is 5.88 Å². The molecule has 34 heavy (non-hydrogen) atoms. The number of aromatic nitrogens is 1. The molecule has 1 aromatic rings. The van der Waals surface area contributed by atoms with Crippen molar-refractivity contribution in [2.45, 2.75) is 76.4 Å². The fraction of sp³-hybridized carbons (Fsp3) is 0.731. The number of aliphatic hydroxyl groups is 1. The molecule has 3 N–H and O–H groups in total. The highest BCUT2D eigenvalue weighted by Gasteiger charge is 2.55. The van der Waals surface area contributed by atoms with Gasteiger partial charge in [0.1, 0.15) is 11.4 Å². The summed E-state index contributed by atoms with van der Waals surface area (Å²) in [6.45, 7) is 3.96. The van der Waals surface area contributed by atoms with E-state index in [2.05, 4.69) is 10.2 Å². The van der Waals surface area contributed by atoms with Crippen molar-refractivity contribution in [1.82, 2.24) is 10.3 Å². The highest BCUT2D eigenvalue weighted by atomic mass is 16.5. The number of ether oxygens (including phenoxy) is 1. The first kappa shape index (κ1) is 23.4. The van der Waals surface area contributed by atoms with E-state index in [9.17, 15) is 19.8 Å². The molecule has 1 saturated heterocycles. The predicted molar refractivity (Wildman–Crippen MR) is 127 cm³/mol. The van der Waals surface area contributed by atoms with Crippen LogP contribution >= 0.6 is 0 Å². The molecule has 4 saturated carbocycles. The van der Waals surface area contributed by atoms with E-state index in [4.69, 9.17) is 9.72 Å². The number of piperidine rings is 1. The van der Waals surface area contributed by atoms with Crippen LogP contribution in [0.5, 0.6) is 5.88 Å². The number of nitrogens with one attached hydrogen (secondary N) is 1. The Bertz CT molecular complexity index is 921. The Morgan fingerprint density at radius 2 is 2.00 bits per heavy atom. The van der Waals surface area contributed by atoms with Crippen molar-refractivity contribution in [1.29, 1.82) is 0 Å². The molecule has 0 spiro atoms. The zero-order valence-corrected chi connectivity index (χ0v) is 20.0. The van der Waals surface area contributed by atoms with Crippen LogP contribution in [0.25, 0.3) is 0 Å². The number of pyridine rings is 1. The number of carbonyl (C=O) groups is 2. The van der Waals surface area contributed by atoms with Crippen LogP contribution in [-0.4, -0.2) is 58.4 Å². The highest BCUT2D eigenvalue weighted by Crippen LogP contribution is 2.55. The highest BCUT2D eigenvalue weighted by molar-refractivity contribution is 5.97. The zero-order valence-electron chi connectivity index (χ0n) is 20.0. The molecule has 8 nitrogen and oxygen atoms in total. The molecular weight excluding hydrogens is 434 g/mol. The van der Waals surface area contributed by atoms with Gasteiger partial charge in [0, 0.05) is 25.6 Å². The summed E-state index contributed by atoms with van der Waals surface area (Å²) in [6.07, 6.45) is 7.47. The van der Waals surface area contributed by atoms with Crippen molar-refractivity contribution in [3.8, 4) is 5.88 Å². The second kappa shape index (κ2) is 9.36. The van der Waals surface area contributed by atoms with Crippen LogP contribution in [0.1, 0.15) is 75.1 Å². The van der Waals surface area contributed by atoms with Crippen LogP contribution in [-0.2, 0) is 4.79 Å². The van der Waals surface area contributed by atoms with E-state index in [1.165, 1.54) is 0 Å². The molecule has 6 rings (SSSR count). The lowest BCUT2D eigenvalue weighted by Gasteiger charge is -2.58. The van der Waals surface area contributed by atoms with Crippen molar-refractivity contribution < 1.29 is 24.5 Å². The largest absolute Gasteiger partial charge is 0.481 e. The van der Waals surface area contributed by atoms with Gasteiger partial charge in [0.05, 0.1) is 12.2 Å². The van der Waals surface area contributed by atoms with Crippen LogP contribution in [0.2, 0.25) is 0 Å². The van der Waals surface area contributed by atoms with Gasteiger partial charge >= 0.3 is 5.97 Å². The summed E-state index contributed by atoms with van der Waals surface area (Å²) in [6, 6.07) is 3.76. The smallest absolute Gasteiger partial charge is 0.303 e. The maximum absolute atomic E-state index is 13.4. The van der Waals surface area contributed by atoms with Crippen molar-refractivity contribution in [2.24, 2.45) is 23.7 Å². The molecule has 1 amide bonds. The maximum atomic E-state index is 13.4. The fourth-order valence-corrected chi connectivity index (χ4v) is 7.22. The van der Waals surface area contributed by atoms with Crippen molar-refractivity contribution in [3.63, 3.8) is 0 Å². The molecule has 0 radical (unpaired) electrons. The summed E-state index contributed by atoms with van der Waals surface area (Å²) in [5.74, 6) is 1.53. The Morgan fingerprint density at radius 3 is 2.68 bits per heavy atom. The lowest BCUT2D eigenvalue weighted by atomic mass is 9.52. The van der Waals surface area contributed by atoms with E-state index >= 15 is 0 Å². The number of carboxylic acid groups (broad SMARTS) is 1.